The van der Waals surface area contributed by atoms with Crippen LogP contribution in [0, 0.1) is 0 Å². The quantitative estimate of drug-likeness (QED) is 0.706. The van der Waals surface area contributed by atoms with Crippen LogP contribution in [0.1, 0.15) is 16.1 Å². The predicted molar refractivity (Wildman–Crippen MR) is 35.6 cm³/mol. The molecule has 1 rings (SSSR count). The van der Waals surface area contributed by atoms with E-state index in [4.69, 9.17) is 0 Å². The van der Waals surface area contributed by atoms with Gasteiger partial charge in [-0.15, -0.1) is 0 Å². The maximum absolute atomic E-state index is 12.1. The average molecular weight is 191 g/mol. The molecule has 0 saturated carbocycles. The summed E-state index contributed by atoms with van der Waals surface area (Å²) in [6, 6.07) is 0. The fourth-order valence-corrected chi connectivity index (χ4v) is 0.733. The van der Waals surface area contributed by atoms with Crippen LogP contribution in [-0.4, -0.2) is 15.9 Å². The van der Waals surface area contributed by atoms with Crippen molar-refractivity contribution < 1.29 is 18.0 Å². The molecule has 1 aromatic rings. The minimum Gasteiger partial charge on any atom is -0.364 e. The number of alkyl halides is 3. The lowest BCUT2D eigenvalue weighted by Crippen LogP contribution is -2.20. The number of rotatable bonds is 1. The van der Waals surface area contributed by atoms with Crippen LogP contribution in [0.5, 0.6) is 0 Å². The molecule has 0 aliphatic heterocycles. The van der Waals surface area contributed by atoms with Crippen molar-refractivity contribution in [2.24, 2.45) is 5.73 Å². The van der Waals surface area contributed by atoms with E-state index in [1.54, 1.807) is 0 Å². The van der Waals surface area contributed by atoms with Gasteiger partial charge in [-0.1, -0.05) is 0 Å². The fourth-order valence-electron chi connectivity index (χ4n) is 0.733. The van der Waals surface area contributed by atoms with E-state index >= 15 is 0 Å². The molecule has 1 aromatic heterocycles. The number of hydrogen-bond donors (Lipinski definition) is 1. The number of nitrogens with zero attached hydrogens (tertiary/aromatic N) is 2. The van der Waals surface area contributed by atoms with Crippen molar-refractivity contribution in [3.63, 3.8) is 0 Å². The van der Waals surface area contributed by atoms with E-state index in [-0.39, 0.29) is 0 Å². The van der Waals surface area contributed by atoms with Crippen LogP contribution in [0.15, 0.2) is 12.5 Å². The molecule has 7 heteroatoms. The highest BCUT2D eigenvalue weighted by atomic mass is 19.4. The highest BCUT2D eigenvalue weighted by Gasteiger charge is 2.35. The number of aromatic nitrogens is 2. The van der Waals surface area contributed by atoms with Gasteiger partial charge >= 0.3 is 6.18 Å². The first kappa shape index (κ1) is 9.43. The summed E-state index contributed by atoms with van der Waals surface area (Å²) in [5.74, 6) is -1.23. The van der Waals surface area contributed by atoms with Gasteiger partial charge in [-0.25, -0.2) is 9.97 Å². The van der Waals surface area contributed by atoms with Gasteiger partial charge in [0.15, 0.2) is 0 Å². The number of carbonyl (C=O) groups is 1. The SMILES string of the molecule is NC(=O)c1ncncc1C(F)(F)F. The molecule has 0 bridgehead atoms. The number of carbonyl (C=O) groups excluding carboxylic acids is 1. The monoisotopic (exact) mass is 191 g/mol. The zero-order chi connectivity index (χ0) is 10.1. The maximum Gasteiger partial charge on any atom is 0.420 e. The molecule has 2 N–H and O–H groups in total. The standard InChI is InChI=1S/C6H4F3N3O/c7-6(8,9)3-1-11-2-12-4(3)5(10)13/h1-2H,(H2,10,13). The number of primary amides is 1. The first-order valence-electron chi connectivity index (χ1n) is 3.10. The Labute approximate surface area is 70.6 Å². The number of nitrogens with two attached hydrogens (primary N) is 1. The van der Waals surface area contributed by atoms with Crippen molar-refractivity contribution in [3.05, 3.63) is 23.8 Å². The molecule has 0 unspecified atom stereocenters. The van der Waals surface area contributed by atoms with Crippen molar-refractivity contribution in [3.8, 4) is 0 Å². The van der Waals surface area contributed by atoms with Gasteiger partial charge in [0.05, 0.1) is 0 Å². The summed E-state index contributed by atoms with van der Waals surface area (Å²) in [4.78, 5) is 16.8. The van der Waals surface area contributed by atoms with Crippen molar-refractivity contribution in [2.45, 2.75) is 6.18 Å². The van der Waals surface area contributed by atoms with E-state index in [0.29, 0.717) is 6.20 Å². The fraction of sp³-hybridized carbons (Fsp3) is 0.167. The Morgan fingerprint density at radius 1 is 1.46 bits per heavy atom. The van der Waals surface area contributed by atoms with Crippen molar-refractivity contribution >= 4 is 5.91 Å². The van der Waals surface area contributed by atoms with Gasteiger partial charge in [0.25, 0.3) is 5.91 Å². The summed E-state index contributed by atoms with van der Waals surface area (Å²) in [5, 5.41) is 0. The van der Waals surface area contributed by atoms with E-state index in [1.165, 1.54) is 0 Å². The second kappa shape index (κ2) is 3.00. The van der Waals surface area contributed by atoms with Gasteiger partial charge in [-0.2, -0.15) is 13.2 Å². The average Bonchev–Trinajstić information content (AvgIpc) is 2.03. The Morgan fingerprint density at radius 2 is 2.08 bits per heavy atom. The first-order valence-corrected chi connectivity index (χ1v) is 3.10. The molecular weight excluding hydrogens is 187 g/mol. The number of hydrogen-bond acceptors (Lipinski definition) is 3. The highest BCUT2D eigenvalue weighted by Crippen LogP contribution is 2.29. The molecular formula is C6H4F3N3O. The summed E-state index contributed by atoms with van der Waals surface area (Å²) < 4.78 is 36.4. The maximum atomic E-state index is 12.1. The van der Waals surface area contributed by atoms with E-state index in [0.717, 1.165) is 6.33 Å². The van der Waals surface area contributed by atoms with Crippen molar-refractivity contribution in [1.82, 2.24) is 9.97 Å². The lowest BCUT2D eigenvalue weighted by Gasteiger charge is -2.07. The van der Waals surface area contributed by atoms with Gasteiger partial charge in [-0.05, 0) is 0 Å². The van der Waals surface area contributed by atoms with E-state index in [2.05, 4.69) is 15.7 Å². The Bertz CT molecular complexity index is 336. The van der Waals surface area contributed by atoms with Gasteiger partial charge in [0.2, 0.25) is 0 Å². The van der Waals surface area contributed by atoms with E-state index < -0.39 is 23.3 Å². The summed E-state index contributed by atoms with van der Waals surface area (Å²) >= 11 is 0. The zero-order valence-corrected chi connectivity index (χ0v) is 6.17. The minimum absolute atomic E-state index is 0.507. The lowest BCUT2D eigenvalue weighted by atomic mass is 10.2. The summed E-state index contributed by atoms with van der Waals surface area (Å²) in [5.41, 5.74) is 2.64. The normalized spacial score (nSPS) is 11.3. The number of amides is 1. The Kier molecular flexibility index (Phi) is 2.18. The third-order valence-electron chi connectivity index (χ3n) is 1.25. The van der Waals surface area contributed by atoms with Crippen LogP contribution in [-0.2, 0) is 6.18 Å². The van der Waals surface area contributed by atoms with Crippen molar-refractivity contribution in [2.75, 3.05) is 0 Å². The predicted octanol–water partition coefficient (Wildman–Crippen LogP) is 0.594. The molecule has 0 aliphatic rings. The van der Waals surface area contributed by atoms with Gasteiger partial charge in [0, 0.05) is 6.20 Å². The molecule has 1 heterocycles. The van der Waals surface area contributed by atoms with Crippen molar-refractivity contribution in [1.29, 1.82) is 0 Å². The molecule has 0 fully saturated rings. The Morgan fingerprint density at radius 3 is 2.46 bits per heavy atom. The van der Waals surface area contributed by atoms with Crippen LogP contribution in [0.25, 0.3) is 0 Å². The summed E-state index contributed by atoms with van der Waals surface area (Å²) in [7, 11) is 0. The molecule has 0 saturated heterocycles. The Balaban J connectivity index is 3.28. The third-order valence-corrected chi connectivity index (χ3v) is 1.25. The topological polar surface area (TPSA) is 68.9 Å². The van der Waals surface area contributed by atoms with Crippen LogP contribution < -0.4 is 5.73 Å². The molecule has 0 atom stereocenters. The Hall–Kier alpha value is -1.66. The zero-order valence-electron chi connectivity index (χ0n) is 6.17. The smallest absolute Gasteiger partial charge is 0.364 e. The van der Waals surface area contributed by atoms with Gasteiger partial charge < -0.3 is 5.73 Å². The molecule has 70 valence electrons. The van der Waals surface area contributed by atoms with Crippen LogP contribution in [0.3, 0.4) is 0 Å². The molecule has 0 aliphatic carbocycles. The highest BCUT2D eigenvalue weighted by molar-refractivity contribution is 5.92. The van der Waals surface area contributed by atoms with Crippen LogP contribution in [0.2, 0.25) is 0 Å². The minimum atomic E-state index is -4.66. The largest absolute Gasteiger partial charge is 0.420 e. The molecule has 1 amide bonds. The molecule has 0 aromatic carbocycles. The molecule has 0 radical (unpaired) electrons. The molecule has 4 nitrogen and oxygen atoms in total. The van der Waals surface area contributed by atoms with E-state index in [1.807, 2.05) is 0 Å². The second-order valence-electron chi connectivity index (χ2n) is 2.15. The third kappa shape index (κ3) is 1.92. The van der Waals surface area contributed by atoms with E-state index in [9.17, 15) is 18.0 Å². The van der Waals surface area contributed by atoms with Crippen LogP contribution in [0.4, 0.5) is 13.2 Å². The summed E-state index contributed by atoms with van der Waals surface area (Å²) in [6.07, 6.45) is -3.33. The number of halogens is 3. The van der Waals surface area contributed by atoms with Gasteiger partial charge in [-0.3, -0.25) is 4.79 Å². The van der Waals surface area contributed by atoms with Crippen LogP contribution >= 0.6 is 0 Å². The first-order chi connectivity index (χ1) is 5.93. The lowest BCUT2D eigenvalue weighted by molar-refractivity contribution is -0.138. The molecule has 0 spiro atoms. The van der Waals surface area contributed by atoms with Gasteiger partial charge in [0.1, 0.15) is 17.6 Å². The second-order valence-corrected chi connectivity index (χ2v) is 2.15. The molecule has 13 heavy (non-hydrogen) atoms. The summed E-state index contributed by atoms with van der Waals surface area (Å²) in [6.45, 7) is 0.